The molecule has 1 aromatic heterocycles. The van der Waals surface area contributed by atoms with E-state index in [-0.39, 0.29) is 23.9 Å². The molecule has 1 aromatic rings. The zero-order valence-corrected chi connectivity index (χ0v) is 14.3. The summed E-state index contributed by atoms with van der Waals surface area (Å²) in [5.41, 5.74) is -2.07. The quantitative estimate of drug-likeness (QED) is 0.884. The van der Waals surface area contributed by atoms with Crippen LogP contribution in [0.2, 0.25) is 0 Å². The Labute approximate surface area is 144 Å². The first-order chi connectivity index (χ1) is 11.6. The Morgan fingerprint density at radius 2 is 2.16 bits per heavy atom. The average Bonchev–Trinajstić information content (AvgIpc) is 2.53. The molecule has 0 radical (unpaired) electrons. The Morgan fingerprint density at radius 1 is 1.44 bits per heavy atom. The van der Waals surface area contributed by atoms with Gasteiger partial charge in [0.25, 0.3) is 0 Å². The van der Waals surface area contributed by atoms with E-state index >= 15 is 0 Å². The van der Waals surface area contributed by atoms with Gasteiger partial charge in [-0.3, -0.25) is 4.79 Å². The second kappa shape index (κ2) is 6.16. The van der Waals surface area contributed by atoms with Gasteiger partial charge in [0.2, 0.25) is 5.91 Å². The van der Waals surface area contributed by atoms with Crippen LogP contribution in [0.1, 0.15) is 44.2 Å². The fraction of sp³-hybridized carbons (Fsp3) is 0.647. The van der Waals surface area contributed by atoms with Crippen molar-refractivity contribution in [3.63, 3.8) is 0 Å². The lowest BCUT2D eigenvalue weighted by Gasteiger charge is -2.49. The van der Waals surface area contributed by atoms with Crippen LogP contribution < -0.4 is 4.90 Å². The van der Waals surface area contributed by atoms with Crippen molar-refractivity contribution in [2.45, 2.75) is 50.9 Å². The predicted octanol–water partition coefficient (Wildman–Crippen LogP) is 2.53. The predicted molar refractivity (Wildman–Crippen MR) is 86.0 cm³/mol. The number of rotatable bonds is 2. The van der Waals surface area contributed by atoms with Crippen molar-refractivity contribution in [3.05, 3.63) is 23.4 Å². The van der Waals surface area contributed by atoms with Crippen molar-refractivity contribution < 1.29 is 23.1 Å². The molecule has 1 N–H and O–H groups in total. The topological polar surface area (TPSA) is 56.7 Å². The third kappa shape index (κ3) is 3.31. The first-order valence-corrected chi connectivity index (χ1v) is 8.48. The van der Waals surface area contributed by atoms with Crippen LogP contribution in [0.25, 0.3) is 0 Å². The van der Waals surface area contributed by atoms with Crippen LogP contribution in [-0.4, -0.2) is 46.6 Å². The highest BCUT2D eigenvalue weighted by molar-refractivity contribution is 5.76. The van der Waals surface area contributed by atoms with Gasteiger partial charge in [0.05, 0.1) is 17.2 Å². The van der Waals surface area contributed by atoms with Gasteiger partial charge in [0.15, 0.2) is 0 Å². The van der Waals surface area contributed by atoms with Crippen molar-refractivity contribution in [2.75, 3.05) is 24.5 Å². The molecule has 2 atom stereocenters. The number of piperazine rings is 1. The molecular formula is C17H22F3N3O2. The molecule has 1 fully saturated rings. The minimum atomic E-state index is -4.50. The number of amides is 1. The van der Waals surface area contributed by atoms with Gasteiger partial charge in [0.1, 0.15) is 5.82 Å². The van der Waals surface area contributed by atoms with Gasteiger partial charge < -0.3 is 14.9 Å². The summed E-state index contributed by atoms with van der Waals surface area (Å²) >= 11 is 0. The Balaban J connectivity index is 1.91. The highest BCUT2D eigenvalue weighted by Gasteiger charge is 2.44. The summed E-state index contributed by atoms with van der Waals surface area (Å²) in [6, 6.07) is 0.842. The Hall–Kier alpha value is -1.83. The van der Waals surface area contributed by atoms with Crippen LogP contribution in [0, 0.1) is 0 Å². The third-order valence-electron chi connectivity index (χ3n) is 4.98. The number of carbonyl (C=O) groups excluding carboxylic acids is 1. The van der Waals surface area contributed by atoms with Gasteiger partial charge in [-0.1, -0.05) is 6.92 Å². The maximum absolute atomic E-state index is 13.0. The summed E-state index contributed by atoms with van der Waals surface area (Å²) in [7, 11) is 0. The summed E-state index contributed by atoms with van der Waals surface area (Å²) in [5.74, 6) is 0.463. The fourth-order valence-corrected chi connectivity index (χ4v) is 3.71. The summed E-state index contributed by atoms with van der Waals surface area (Å²) in [6.07, 6.45) is -2.18. The SMILES string of the molecule is CCCC(=O)N1CCN2c3ncc(C(F)(F)F)cc3C(C)(O)C[C@@H]2C1. The number of halogens is 3. The molecule has 1 amide bonds. The maximum atomic E-state index is 13.0. The molecule has 0 aromatic carbocycles. The lowest BCUT2D eigenvalue weighted by molar-refractivity contribution is -0.138. The van der Waals surface area contributed by atoms with E-state index < -0.39 is 17.3 Å². The van der Waals surface area contributed by atoms with Crippen LogP contribution in [0.3, 0.4) is 0 Å². The van der Waals surface area contributed by atoms with E-state index in [0.29, 0.717) is 31.9 Å². The van der Waals surface area contributed by atoms with Gasteiger partial charge in [-0.15, -0.1) is 0 Å². The molecule has 25 heavy (non-hydrogen) atoms. The van der Waals surface area contributed by atoms with Crippen LogP contribution >= 0.6 is 0 Å². The normalized spacial score (nSPS) is 26.2. The van der Waals surface area contributed by atoms with Crippen LogP contribution in [0.4, 0.5) is 19.0 Å². The number of hydrogen-bond donors (Lipinski definition) is 1. The van der Waals surface area contributed by atoms with Gasteiger partial charge in [-0.2, -0.15) is 13.2 Å². The highest BCUT2D eigenvalue weighted by atomic mass is 19.4. The lowest BCUT2D eigenvalue weighted by Crippen LogP contribution is -2.59. The van der Waals surface area contributed by atoms with E-state index in [2.05, 4.69) is 4.98 Å². The number of alkyl halides is 3. The van der Waals surface area contributed by atoms with Crippen molar-refractivity contribution in [1.82, 2.24) is 9.88 Å². The summed E-state index contributed by atoms with van der Waals surface area (Å²) < 4.78 is 38.9. The van der Waals surface area contributed by atoms with Crippen LogP contribution in [-0.2, 0) is 16.6 Å². The number of carbonyl (C=O) groups is 1. The minimum Gasteiger partial charge on any atom is -0.385 e. The zero-order chi connectivity index (χ0) is 18.4. The second-order valence-corrected chi connectivity index (χ2v) is 7.01. The summed E-state index contributed by atoms with van der Waals surface area (Å²) in [4.78, 5) is 19.8. The maximum Gasteiger partial charge on any atom is 0.417 e. The molecule has 138 valence electrons. The number of hydrogen-bond acceptors (Lipinski definition) is 4. The lowest BCUT2D eigenvalue weighted by atomic mass is 9.83. The second-order valence-electron chi connectivity index (χ2n) is 7.01. The van der Waals surface area contributed by atoms with Crippen molar-refractivity contribution in [3.8, 4) is 0 Å². The standard InChI is InChI=1S/C17H22F3N3O2/c1-3-4-14(24)22-5-6-23-12(10-22)8-16(2,25)13-7-11(17(18,19)20)9-21-15(13)23/h7,9,12,25H,3-6,8,10H2,1-2H3/t12-,16?/m1/s1. The van der Waals surface area contributed by atoms with E-state index in [0.717, 1.165) is 18.7 Å². The number of anilines is 1. The average molecular weight is 357 g/mol. The molecule has 2 aliphatic rings. The Bertz CT molecular complexity index is 676. The number of nitrogens with zero attached hydrogens (tertiary/aromatic N) is 3. The molecule has 5 nitrogen and oxygen atoms in total. The number of aliphatic hydroxyl groups is 1. The zero-order valence-electron chi connectivity index (χ0n) is 14.3. The molecule has 8 heteroatoms. The van der Waals surface area contributed by atoms with Crippen LogP contribution in [0.15, 0.2) is 12.3 Å². The van der Waals surface area contributed by atoms with Crippen molar-refractivity contribution >= 4 is 11.7 Å². The van der Waals surface area contributed by atoms with E-state index in [1.165, 1.54) is 6.92 Å². The number of fused-ring (bicyclic) bond motifs is 3. The number of aromatic nitrogens is 1. The smallest absolute Gasteiger partial charge is 0.385 e. The first kappa shape index (κ1) is 18.0. The molecule has 0 spiro atoms. The van der Waals surface area contributed by atoms with Crippen molar-refractivity contribution in [2.24, 2.45) is 0 Å². The third-order valence-corrected chi connectivity index (χ3v) is 4.98. The minimum absolute atomic E-state index is 0.0768. The van der Waals surface area contributed by atoms with E-state index in [1.54, 1.807) is 4.90 Å². The van der Waals surface area contributed by atoms with E-state index in [1.807, 2.05) is 11.8 Å². The van der Waals surface area contributed by atoms with Gasteiger partial charge in [-0.25, -0.2) is 4.98 Å². The van der Waals surface area contributed by atoms with E-state index in [9.17, 15) is 23.1 Å². The molecule has 3 heterocycles. The molecule has 0 bridgehead atoms. The summed E-state index contributed by atoms with van der Waals surface area (Å²) in [6.45, 7) is 4.92. The largest absolute Gasteiger partial charge is 0.417 e. The molecule has 1 unspecified atom stereocenters. The van der Waals surface area contributed by atoms with Crippen molar-refractivity contribution in [1.29, 1.82) is 0 Å². The van der Waals surface area contributed by atoms with Gasteiger partial charge >= 0.3 is 6.18 Å². The molecular weight excluding hydrogens is 335 g/mol. The summed E-state index contributed by atoms with van der Waals surface area (Å²) in [5, 5.41) is 10.7. The molecule has 0 aliphatic carbocycles. The Morgan fingerprint density at radius 3 is 2.80 bits per heavy atom. The highest BCUT2D eigenvalue weighted by Crippen LogP contribution is 2.43. The van der Waals surface area contributed by atoms with E-state index in [4.69, 9.17) is 0 Å². The molecule has 3 rings (SSSR count). The van der Waals surface area contributed by atoms with Gasteiger partial charge in [0, 0.05) is 44.2 Å². The monoisotopic (exact) mass is 357 g/mol. The molecule has 2 aliphatic heterocycles. The first-order valence-electron chi connectivity index (χ1n) is 8.48. The fourth-order valence-electron chi connectivity index (χ4n) is 3.71. The molecule has 0 saturated carbocycles. The Kier molecular flexibility index (Phi) is 4.43. The van der Waals surface area contributed by atoms with Gasteiger partial charge in [-0.05, 0) is 19.4 Å². The number of pyridine rings is 1. The molecule has 1 saturated heterocycles. The van der Waals surface area contributed by atoms with Crippen LogP contribution in [0.5, 0.6) is 0 Å².